The Morgan fingerprint density at radius 3 is 2.90 bits per heavy atom. The van der Waals surface area contributed by atoms with E-state index in [-0.39, 0.29) is 23.4 Å². The second kappa shape index (κ2) is 6.27. The molecule has 0 aliphatic heterocycles. The van der Waals surface area contributed by atoms with Gasteiger partial charge in [-0.15, -0.1) is 11.3 Å². The number of carbonyl (C=O) groups excluding carboxylic acids is 1. The van der Waals surface area contributed by atoms with Gasteiger partial charge in [0.25, 0.3) is 0 Å². The van der Waals surface area contributed by atoms with Crippen molar-refractivity contribution in [2.45, 2.75) is 64.5 Å². The van der Waals surface area contributed by atoms with Crippen molar-refractivity contribution in [3.05, 3.63) is 21.9 Å². The fourth-order valence-electron chi connectivity index (χ4n) is 3.08. The van der Waals surface area contributed by atoms with Crippen LogP contribution < -0.4 is 11.1 Å². The van der Waals surface area contributed by atoms with E-state index in [2.05, 4.69) is 31.3 Å². The largest absolute Gasteiger partial charge is 0.353 e. The number of hydrogen-bond acceptors (Lipinski definition) is 3. The average molecular weight is 294 g/mol. The maximum Gasteiger partial charge on any atom is 0.225 e. The molecule has 1 fully saturated rings. The summed E-state index contributed by atoms with van der Waals surface area (Å²) in [7, 11) is 0. The molecular weight excluding hydrogens is 268 g/mol. The minimum Gasteiger partial charge on any atom is -0.353 e. The molecule has 1 aromatic heterocycles. The molecule has 1 heterocycles. The Balaban J connectivity index is 1.90. The van der Waals surface area contributed by atoms with Crippen LogP contribution in [-0.4, -0.2) is 17.5 Å². The number of amides is 1. The molecule has 1 aromatic rings. The van der Waals surface area contributed by atoms with Crippen LogP contribution in [0.3, 0.4) is 0 Å². The Morgan fingerprint density at radius 1 is 1.55 bits per heavy atom. The number of rotatable bonds is 4. The smallest absolute Gasteiger partial charge is 0.225 e. The van der Waals surface area contributed by atoms with Gasteiger partial charge in [-0.1, -0.05) is 12.8 Å². The minimum absolute atomic E-state index is 0.0382. The first-order valence-corrected chi connectivity index (χ1v) is 8.35. The first-order chi connectivity index (χ1) is 9.38. The Kier molecular flexibility index (Phi) is 4.86. The van der Waals surface area contributed by atoms with Crippen LogP contribution in [-0.2, 0) is 11.2 Å². The summed E-state index contributed by atoms with van der Waals surface area (Å²) >= 11 is 1.80. The lowest BCUT2D eigenvalue weighted by atomic mass is 9.74. The molecule has 1 aliphatic carbocycles. The van der Waals surface area contributed by atoms with E-state index in [1.807, 2.05) is 6.92 Å². The van der Waals surface area contributed by atoms with Gasteiger partial charge in [0.15, 0.2) is 0 Å². The van der Waals surface area contributed by atoms with Crippen LogP contribution >= 0.6 is 11.3 Å². The number of hydrogen-bond donors (Lipinski definition) is 2. The van der Waals surface area contributed by atoms with Gasteiger partial charge in [-0.05, 0) is 45.7 Å². The van der Waals surface area contributed by atoms with E-state index in [0.717, 1.165) is 32.1 Å². The van der Waals surface area contributed by atoms with Crippen molar-refractivity contribution in [2.24, 2.45) is 11.7 Å². The normalized spacial score (nSPS) is 28.1. The van der Waals surface area contributed by atoms with E-state index in [1.54, 1.807) is 11.3 Å². The fraction of sp³-hybridized carbons (Fsp3) is 0.688. The number of carbonyl (C=O) groups is 1. The molecule has 4 heteroatoms. The standard InChI is InChI=1S/C16H26N2OS/c1-11(10-13-8-7-12(2)20-13)18-15(19)14-6-4-5-9-16(14,3)17/h7-8,11,14H,4-6,9-10,17H2,1-3H3,(H,18,19). The summed E-state index contributed by atoms with van der Waals surface area (Å²) < 4.78 is 0. The number of nitrogens with one attached hydrogen (secondary N) is 1. The van der Waals surface area contributed by atoms with Crippen molar-refractivity contribution in [1.29, 1.82) is 0 Å². The molecular formula is C16H26N2OS. The van der Waals surface area contributed by atoms with E-state index < -0.39 is 0 Å². The van der Waals surface area contributed by atoms with Crippen molar-refractivity contribution in [2.75, 3.05) is 0 Å². The summed E-state index contributed by atoms with van der Waals surface area (Å²) in [4.78, 5) is 15.1. The third kappa shape index (κ3) is 3.83. The zero-order chi connectivity index (χ0) is 14.8. The predicted octanol–water partition coefficient (Wildman–Crippen LogP) is 3.01. The van der Waals surface area contributed by atoms with Gasteiger partial charge in [-0.25, -0.2) is 0 Å². The molecule has 0 aromatic carbocycles. The Labute approximate surface area is 125 Å². The molecule has 0 radical (unpaired) electrons. The van der Waals surface area contributed by atoms with Gasteiger partial charge in [0.1, 0.15) is 0 Å². The highest BCUT2D eigenvalue weighted by Gasteiger charge is 2.37. The van der Waals surface area contributed by atoms with Gasteiger partial charge in [-0.3, -0.25) is 4.79 Å². The summed E-state index contributed by atoms with van der Waals surface area (Å²) in [5.41, 5.74) is 5.95. The maximum atomic E-state index is 12.4. The SMILES string of the molecule is Cc1ccc(CC(C)NC(=O)C2CCCCC2(C)N)s1. The molecule has 3 N–H and O–H groups in total. The molecule has 0 spiro atoms. The zero-order valence-electron chi connectivity index (χ0n) is 12.7. The summed E-state index contributed by atoms with van der Waals surface area (Å²) in [5.74, 6) is 0.0965. The van der Waals surface area contributed by atoms with Crippen LogP contribution in [0.15, 0.2) is 12.1 Å². The molecule has 112 valence electrons. The van der Waals surface area contributed by atoms with Crippen molar-refractivity contribution in [3.8, 4) is 0 Å². The van der Waals surface area contributed by atoms with Crippen molar-refractivity contribution in [3.63, 3.8) is 0 Å². The second-order valence-electron chi connectivity index (χ2n) is 6.43. The summed E-state index contributed by atoms with van der Waals surface area (Å²) in [6.45, 7) is 6.20. The third-order valence-corrected chi connectivity index (χ3v) is 5.29. The van der Waals surface area contributed by atoms with Crippen LogP contribution in [0.1, 0.15) is 49.3 Å². The maximum absolute atomic E-state index is 12.4. The second-order valence-corrected chi connectivity index (χ2v) is 7.80. The summed E-state index contributed by atoms with van der Waals surface area (Å²) in [6, 6.07) is 4.45. The highest BCUT2D eigenvalue weighted by atomic mass is 32.1. The number of aryl methyl sites for hydroxylation is 1. The van der Waals surface area contributed by atoms with Crippen LogP contribution in [0.25, 0.3) is 0 Å². The molecule has 0 bridgehead atoms. The van der Waals surface area contributed by atoms with E-state index in [0.29, 0.717) is 0 Å². The fourth-order valence-corrected chi connectivity index (χ4v) is 4.10. The molecule has 20 heavy (non-hydrogen) atoms. The Hall–Kier alpha value is -0.870. The number of thiophene rings is 1. The quantitative estimate of drug-likeness (QED) is 0.897. The molecule has 3 unspecified atom stereocenters. The van der Waals surface area contributed by atoms with Crippen molar-refractivity contribution in [1.82, 2.24) is 5.32 Å². The van der Waals surface area contributed by atoms with Crippen LogP contribution in [0.5, 0.6) is 0 Å². The van der Waals surface area contributed by atoms with Crippen LogP contribution in [0.2, 0.25) is 0 Å². The first-order valence-electron chi connectivity index (χ1n) is 7.53. The lowest BCUT2D eigenvalue weighted by molar-refractivity contribution is -0.128. The summed E-state index contributed by atoms with van der Waals surface area (Å²) in [6.07, 6.45) is 5.02. The first kappa shape index (κ1) is 15.5. The highest BCUT2D eigenvalue weighted by Crippen LogP contribution is 2.31. The van der Waals surface area contributed by atoms with E-state index >= 15 is 0 Å². The third-order valence-electron chi connectivity index (χ3n) is 4.26. The van der Waals surface area contributed by atoms with E-state index in [9.17, 15) is 4.79 Å². The van der Waals surface area contributed by atoms with E-state index in [4.69, 9.17) is 5.73 Å². The molecule has 2 rings (SSSR count). The molecule has 1 saturated carbocycles. The van der Waals surface area contributed by atoms with Gasteiger partial charge in [0, 0.05) is 27.8 Å². The van der Waals surface area contributed by atoms with Gasteiger partial charge in [0.2, 0.25) is 5.91 Å². The lowest BCUT2D eigenvalue weighted by Crippen LogP contribution is -2.54. The van der Waals surface area contributed by atoms with Gasteiger partial charge in [-0.2, -0.15) is 0 Å². The van der Waals surface area contributed by atoms with Gasteiger partial charge < -0.3 is 11.1 Å². The van der Waals surface area contributed by atoms with Crippen LogP contribution in [0.4, 0.5) is 0 Å². The lowest BCUT2D eigenvalue weighted by Gasteiger charge is -2.37. The van der Waals surface area contributed by atoms with Crippen molar-refractivity contribution >= 4 is 17.2 Å². The monoisotopic (exact) mass is 294 g/mol. The zero-order valence-corrected chi connectivity index (χ0v) is 13.6. The Bertz CT molecular complexity index is 467. The average Bonchev–Trinajstić information content (AvgIpc) is 2.73. The predicted molar refractivity (Wildman–Crippen MR) is 84.9 cm³/mol. The molecule has 1 amide bonds. The molecule has 1 aliphatic rings. The Morgan fingerprint density at radius 2 is 2.30 bits per heavy atom. The summed E-state index contributed by atoms with van der Waals surface area (Å²) in [5, 5.41) is 3.15. The van der Waals surface area contributed by atoms with Gasteiger partial charge >= 0.3 is 0 Å². The molecule has 0 saturated heterocycles. The molecule has 3 atom stereocenters. The topological polar surface area (TPSA) is 55.1 Å². The van der Waals surface area contributed by atoms with Gasteiger partial charge in [0.05, 0.1) is 5.92 Å². The van der Waals surface area contributed by atoms with Crippen molar-refractivity contribution < 1.29 is 4.79 Å². The highest BCUT2D eigenvalue weighted by molar-refractivity contribution is 7.11. The molecule has 3 nitrogen and oxygen atoms in total. The minimum atomic E-state index is -0.346. The van der Waals surface area contributed by atoms with E-state index in [1.165, 1.54) is 9.75 Å². The number of nitrogens with two attached hydrogens (primary N) is 1. The van der Waals surface area contributed by atoms with Crippen LogP contribution in [0, 0.1) is 12.8 Å².